The number of methoxy groups -OCH3 is 1. The highest BCUT2D eigenvalue weighted by molar-refractivity contribution is 7.16. The van der Waals surface area contributed by atoms with Gasteiger partial charge in [0, 0.05) is 11.6 Å². The van der Waals surface area contributed by atoms with Gasteiger partial charge in [-0.05, 0) is 22.9 Å². The Morgan fingerprint density at radius 1 is 1.10 bits per heavy atom. The number of benzene rings is 3. The van der Waals surface area contributed by atoms with Crippen molar-refractivity contribution >= 4 is 44.2 Å². The minimum absolute atomic E-state index is 0.00808. The second kappa shape index (κ2) is 7.56. The van der Waals surface area contributed by atoms with Gasteiger partial charge in [0.25, 0.3) is 5.91 Å². The van der Waals surface area contributed by atoms with Crippen molar-refractivity contribution in [2.75, 3.05) is 7.11 Å². The molecule has 0 aliphatic carbocycles. The number of hydrogen-bond donors (Lipinski definition) is 0. The molecule has 0 fully saturated rings. The molecule has 0 saturated heterocycles. The van der Waals surface area contributed by atoms with Crippen LogP contribution in [0.1, 0.15) is 10.4 Å². The SMILES string of the molecule is COC(=O)Cn1c(=NC(=O)c2cccc3ccccc23)sc2cc(F)cc(F)c21. The van der Waals surface area contributed by atoms with Crippen molar-refractivity contribution in [2.24, 2.45) is 4.99 Å². The minimum atomic E-state index is -0.848. The number of hydrogen-bond acceptors (Lipinski definition) is 4. The molecule has 4 rings (SSSR count). The van der Waals surface area contributed by atoms with E-state index < -0.39 is 23.5 Å². The lowest BCUT2D eigenvalue weighted by Crippen LogP contribution is -2.23. The first-order chi connectivity index (χ1) is 14.0. The molecule has 0 bridgehead atoms. The fourth-order valence-corrected chi connectivity index (χ4v) is 4.18. The van der Waals surface area contributed by atoms with Crippen LogP contribution in [0, 0.1) is 11.6 Å². The molecule has 29 heavy (non-hydrogen) atoms. The van der Waals surface area contributed by atoms with E-state index in [-0.39, 0.29) is 21.6 Å². The fourth-order valence-electron chi connectivity index (χ4n) is 3.11. The third-order valence-corrected chi connectivity index (χ3v) is 5.45. The van der Waals surface area contributed by atoms with Crippen LogP contribution in [0.25, 0.3) is 21.0 Å². The number of carbonyl (C=O) groups is 2. The van der Waals surface area contributed by atoms with E-state index in [1.54, 1.807) is 18.2 Å². The maximum atomic E-state index is 14.4. The highest BCUT2D eigenvalue weighted by atomic mass is 32.1. The number of amides is 1. The molecule has 0 aliphatic heterocycles. The molecule has 4 aromatic rings. The van der Waals surface area contributed by atoms with Gasteiger partial charge in [0.1, 0.15) is 12.4 Å². The van der Waals surface area contributed by atoms with E-state index in [0.717, 1.165) is 34.2 Å². The predicted molar refractivity (Wildman–Crippen MR) is 106 cm³/mol. The van der Waals surface area contributed by atoms with Crippen LogP contribution in [0.2, 0.25) is 0 Å². The van der Waals surface area contributed by atoms with Crippen LogP contribution in [0.15, 0.2) is 59.6 Å². The van der Waals surface area contributed by atoms with Gasteiger partial charge in [-0.15, -0.1) is 0 Å². The van der Waals surface area contributed by atoms with Crippen molar-refractivity contribution in [1.82, 2.24) is 4.57 Å². The van der Waals surface area contributed by atoms with E-state index in [1.807, 2.05) is 24.3 Å². The lowest BCUT2D eigenvalue weighted by molar-refractivity contribution is -0.141. The molecule has 0 atom stereocenters. The summed E-state index contributed by atoms with van der Waals surface area (Å²) >= 11 is 0.921. The van der Waals surface area contributed by atoms with Gasteiger partial charge in [-0.1, -0.05) is 47.7 Å². The topological polar surface area (TPSA) is 60.7 Å². The third kappa shape index (κ3) is 3.54. The number of fused-ring (bicyclic) bond motifs is 2. The summed E-state index contributed by atoms with van der Waals surface area (Å²) in [7, 11) is 1.20. The maximum absolute atomic E-state index is 14.4. The molecule has 0 unspecified atom stereocenters. The summed E-state index contributed by atoms with van der Waals surface area (Å²) in [6.07, 6.45) is 0. The first kappa shape index (κ1) is 18.9. The summed E-state index contributed by atoms with van der Waals surface area (Å²) in [5, 5.41) is 1.60. The minimum Gasteiger partial charge on any atom is -0.468 e. The first-order valence-electron chi connectivity index (χ1n) is 8.60. The number of ether oxygens (including phenoxy) is 1. The molecule has 0 spiro atoms. The van der Waals surface area contributed by atoms with Crippen LogP contribution < -0.4 is 4.80 Å². The third-order valence-electron chi connectivity index (χ3n) is 4.43. The van der Waals surface area contributed by atoms with Crippen LogP contribution >= 0.6 is 11.3 Å². The Balaban J connectivity index is 1.93. The second-order valence-corrected chi connectivity index (χ2v) is 7.23. The van der Waals surface area contributed by atoms with Crippen LogP contribution in [0.5, 0.6) is 0 Å². The van der Waals surface area contributed by atoms with E-state index >= 15 is 0 Å². The summed E-state index contributed by atoms with van der Waals surface area (Å²) in [4.78, 5) is 28.9. The Labute approximate surface area is 167 Å². The zero-order valence-corrected chi connectivity index (χ0v) is 16.0. The van der Waals surface area contributed by atoms with Crippen LogP contribution in [-0.2, 0) is 16.1 Å². The van der Waals surface area contributed by atoms with E-state index in [0.29, 0.717) is 5.56 Å². The lowest BCUT2D eigenvalue weighted by atomic mass is 10.0. The molecule has 146 valence electrons. The van der Waals surface area contributed by atoms with Gasteiger partial charge < -0.3 is 9.30 Å². The zero-order chi connectivity index (χ0) is 20.5. The number of halogens is 2. The molecule has 0 saturated carbocycles. The number of esters is 1. The average Bonchev–Trinajstić information content (AvgIpc) is 3.04. The normalized spacial score (nSPS) is 11.9. The van der Waals surface area contributed by atoms with E-state index in [2.05, 4.69) is 9.73 Å². The molecule has 0 radical (unpaired) electrons. The first-order valence-corrected chi connectivity index (χ1v) is 9.41. The molecule has 3 aromatic carbocycles. The molecular weight excluding hydrogens is 398 g/mol. The van der Waals surface area contributed by atoms with E-state index in [1.165, 1.54) is 11.7 Å². The molecular formula is C21H14F2N2O3S. The van der Waals surface area contributed by atoms with Crippen LogP contribution in [-0.4, -0.2) is 23.6 Å². The Morgan fingerprint density at radius 3 is 2.66 bits per heavy atom. The summed E-state index contributed by atoms with van der Waals surface area (Å²) in [6, 6.07) is 14.5. The average molecular weight is 412 g/mol. The molecule has 5 nitrogen and oxygen atoms in total. The fraction of sp³-hybridized carbons (Fsp3) is 0.0952. The van der Waals surface area contributed by atoms with Crippen molar-refractivity contribution in [3.05, 3.63) is 76.6 Å². The summed E-state index contributed by atoms with van der Waals surface area (Å²) in [5.74, 6) is -2.80. The molecule has 1 amide bonds. The molecule has 8 heteroatoms. The van der Waals surface area contributed by atoms with Gasteiger partial charge in [0.2, 0.25) is 0 Å². The van der Waals surface area contributed by atoms with E-state index in [4.69, 9.17) is 0 Å². The van der Waals surface area contributed by atoms with Crippen LogP contribution in [0.4, 0.5) is 8.78 Å². The van der Waals surface area contributed by atoms with Gasteiger partial charge in [0.05, 0.1) is 17.3 Å². The Kier molecular flexibility index (Phi) is 4.94. The van der Waals surface area contributed by atoms with Crippen molar-refractivity contribution in [3.63, 3.8) is 0 Å². The largest absolute Gasteiger partial charge is 0.468 e. The molecule has 1 aromatic heterocycles. The number of nitrogens with zero attached hydrogens (tertiary/aromatic N) is 2. The molecule has 0 aliphatic rings. The quantitative estimate of drug-likeness (QED) is 0.477. The smallest absolute Gasteiger partial charge is 0.325 e. The Bertz CT molecular complexity index is 1340. The summed E-state index contributed by atoms with van der Waals surface area (Å²) in [5.41, 5.74) is 0.364. The monoisotopic (exact) mass is 412 g/mol. The maximum Gasteiger partial charge on any atom is 0.325 e. The Hall–Kier alpha value is -3.39. The number of thiazole rings is 1. The van der Waals surface area contributed by atoms with E-state index in [9.17, 15) is 18.4 Å². The van der Waals surface area contributed by atoms with Crippen molar-refractivity contribution in [3.8, 4) is 0 Å². The van der Waals surface area contributed by atoms with Gasteiger partial charge in [-0.25, -0.2) is 8.78 Å². The van der Waals surface area contributed by atoms with Crippen LogP contribution in [0.3, 0.4) is 0 Å². The van der Waals surface area contributed by atoms with Crippen molar-refractivity contribution in [2.45, 2.75) is 6.54 Å². The standard InChI is InChI=1S/C21H14F2N2O3S/c1-28-18(26)11-25-19-16(23)9-13(22)10-17(19)29-21(25)24-20(27)15-8-4-6-12-5-2-3-7-14(12)15/h2-10H,11H2,1H3. The number of carbonyl (C=O) groups excluding carboxylic acids is 2. The molecule has 1 heterocycles. The summed E-state index contributed by atoms with van der Waals surface area (Å²) < 4.78 is 34.2. The predicted octanol–water partition coefficient (Wildman–Crippen LogP) is 4.05. The summed E-state index contributed by atoms with van der Waals surface area (Å²) in [6.45, 7) is -0.360. The number of aromatic nitrogens is 1. The highest BCUT2D eigenvalue weighted by Crippen LogP contribution is 2.23. The Morgan fingerprint density at radius 2 is 1.86 bits per heavy atom. The van der Waals surface area contributed by atoms with Gasteiger partial charge in [-0.3, -0.25) is 9.59 Å². The lowest BCUT2D eigenvalue weighted by Gasteiger charge is -2.05. The number of rotatable bonds is 3. The van der Waals surface area contributed by atoms with Crippen molar-refractivity contribution < 1.29 is 23.1 Å². The highest BCUT2D eigenvalue weighted by Gasteiger charge is 2.17. The second-order valence-electron chi connectivity index (χ2n) is 6.22. The molecule has 0 N–H and O–H groups in total. The zero-order valence-electron chi connectivity index (χ0n) is 15.2. The van der Waals surface area contributed by atoms with Gasteiger partial charge in [0.15, 0.2) is 10.6 Å². The van der Waals surface area contributed by atoms with Gasteiger partial charge >= 0.3 is 5.97 Å². The van der Waals surface area contributed by atoms with Crippen molar-refractivity contribution in [1.29, 1.82) is 0 Å². The van der Waals surface area contributed by atoms with Gasteiger partial charge in [-0.2, -0.15) is 4.99 Å².